The highest BCUT2D eigenvalue weighted by molar-refractivity contribution is 8.01. The second-order valence-corrected chi connectivity index (χ2v) is 4.74. The molecule has 0 saturated carbocycles. The third kappa shape index (κ3) is 1.88. The first kappa shape index (κ1) is 9.48. The van der Waals surface area contributed by atoms with Crippen LogP contribution in [0.4, 0.5) is 10.1 Å². The summed E-state index contributed by atoms with van der Waals surface area (Å²) in [5.74, 6) is -0.383. The molecule has 0 bridgehead atoms. The van der Waals surface area contributed by atoms with E-state index in [-0.39, 0.29) is 11.5 Å². The molecule has 0 aliphatic heterocycles. The van der Waals surface area contributed by atoms with Gasteiger partial charge in [-0.2, -0.15) is 0 Å². The van der Waals surface area contributed by atoms with Crippen molar-refractivity contribution in [1.82, 2.24) is 4.98 Å². The molecule has 0 saturated heterocycles. The molecule has 2 rings (SSSR count). The van der Waals surface area contributed by atoms with Gasteiger partial charge in [-0.25, -0.2) is 9.37 Å². The highest BCUT2D eigenvalue weighted by Gasteiger charge is 2.06. The lowest BCUT2D eigenvalue weighted by Gasteiger charge is -2.02. The number of hydrogen-bond donors (Lipinski definition) is 1. The number of benzene rings is 1. The third-order valence-electron chi connectivity index (χ3n) is 1.62. The maximum absolute atomic E-state index is 13.1. The third-order valence-corrected chi connectivity index (χ3v) is 3.58. The normalized spacial score (nSPS) is 10.4. The lowest BCUT2D eigenvalue weighted by atomic mass is 10.3. The maximum atomic E-state index is 13.1. The van der Waals surface area contributed by atoms with Crippen molar-refractivity contribution in [3.8, 4) is 0 Å². The zero-order valence-electron chi connectivity index (χ0n) is 7.11. The first-order chi connectivity index (χ1) is 6.77. The average Bonchev–Trinajstić information content (AvgIpc) is 2.66. The van der Waals surface area contributed by atoms with Crippen LogP contribution in [-0.4, -0.2) is 4.98 Å². The topological polar surface area (TPSA) is 38.9 Å². The summed E-state index contributed by atoms with van der Waals surface area (Å²) >= 11 is 2.88. The zero-order chi connectivity index (χ0) is 9.97. The van der Waals surface area contributed by atoms with E-state index < -0.39 is 0 Å². The molecule has 1 heterocycles. The standard InChI is InChI=1S/C9H7FN2S2/c10-6-2-1-3-7(8(6)11)14-9-12-4-5-13-9/h1-5H,11H2. The van der Waals surface area contributed by atoms with Crippen LogP contribution >= 0.6 is 23.1 Å². The molecule has 0 aliphatic carbocycles. The number of hydrogen-bond acceptors (Lipinski definition) is 4. The number of para-hydroxylation sites is 1. The van der Waals surface area contributed by atoms with E-state index in [4.69, 9.17) is 5.73 Å². The van der Waals surface area contributed by atoms with E-state index in [9.17, 15) is 4.39 Å². The first-order valence-corrected chi connectivity index (χ1v) is 5.58. The number of rotatable bonds is 2. The summed E-state index contributed by atoms with van der Waals surface area (Å²) < 4.78 is 13.9. The minimum atomic E-state index is -0.383. The summed E-state index contributed by atoms with van der Waals surface area (Å²) in [6.45, 7) is 0. The number of nitrogen functional groups attached to an aromatic ring is 1. The van der Waals surface area contributed by atoms with Gasteiger partial charge in [0.05, 0.1) is 5.69 Å². The molecule has 0 atom stereocenters. The van der Waals surface area contributed by atoms with Crippen molar-refractivity contribution >= 4 is 28.8 Å². The highest BCUT2D eigenvalue weighted by atomic mass is 32.2. The van der Waals surface area contributed by atoms with Crippen molar-refractivity contribution in [3.05, 3.63) is 35.6 Å². The highest BCUT2D eigenvalue weighted by Crippen LogP contribution is 2.33. The Bertz CT molecular complexity index is 428. The number of aromatic nitrogens is 1. The predicted octanol–water partition coefficient (Wildman–Crippen LogP) is 3.02. The van der Waals surface area contributed by atoms with Gasteiger partial charge in [-0.15, -0.1) is 11.3 Å². The summed E-state index contributed by atoms with van der Waals surface area (Å²) in [5.41, 5.74) is 5.77. The number of nitrogens with zero attached hydrogens (tertiary/aromatic N) is 1. The molecule has 2 N–H and O–H groups in total. The van der Waals surface area contributed by atoms with Crippen LogP contribution in [0.3, 0.4) is 0 Å². The van der Waals surface area contributed by atoms with Crippen molar-refractivity contribution in [3.63, 3.8) is 0 Å². The van der Waals surface area contributed by atoms with Crippen LogP contribution in [-0.2, 0) is 0 Å². The van der Waals surface area contributed by atoms with E-state index in [0.717, 1.165) is 4.34 Å². The summed E-state index contributed by atoms with van der Waals surface area (Å²) in [4.78, 5) is 4.79. The molecule has 0 radical (unpaired) electrons. The Hall–Kier alpha value is -1.07. The van der Waals surface area contributed by atoms with Gasteiger partial charge in [0, 0.05) is 16.5 Å². The van der Waals surface area contributed by atoms with Crippen molar-refractivity contribution in [1.29, 1.82) is 0 Å². The van der Waals surface area contributed by atoms with Crippen molar-refractivity contribution in [2.45, 2.75) is 9.24 Å². The summed E-state index contributed by atoms with van der Waals surface area (Å²) in [5, 5.41) is 1.87. The maximum Gasteiger partial charge on any atom is 0.154 e. The van der Waals surface area contributed by atoms with Crippen molar-refractivity contribution in [2.75, 3.05) is 5.73 Å². The Kier molecular flexibility index (Phi) is 2.69. The van der Waals surface area contributed by atoms with Gasteiger partial charge < -0.3 is 5.73 Å². The van der Waals surface area contributed by atoms with Gasteiger partial charge in [0.2, 0.25) is 0 Å². The van der Waals surface area contributed by atoms with Gasteiger partial charge in [-0.05, 0) is 12.1 Å². The van der Waals surface area contributed by atoms with E-state index in [2.05, 4.69) is 4.98 Å². The molecule has 1 aromatic heterocycles. The van der Waals surface area contributed by atoms with Crippen LogP contribution in [0.25, 0.3) is 0 Å². The molecule has 2 aromatic rings. The molecule has 0 fully saturated rings. The largest absolute Gasteiger partial charge is 0.395 e. The van der Waals surface area contributed by atoms with Crippen molar-refractivity contribution in [2.24, 2.45) is 0 Å². The molecular formula is C9H7FN2S2. The predicted molar refractivity (Wildman–Crippen MR) is 57.0 cm³/mol. The van der Waals surface area contributed by atoms with E-state index >= 15 is 0 Å². The average molecular weight is 226 g/mol. The van der Waals surface area contributed by atoms with Gasteiger partial charge >= 0.3 is 0 Å². The quantitative estimate of drug-likeness (QED) is 0.800. The van der Waals surface area contributed by atoms with Crippen molar-refractivity contribution < 1.29 is 4.39 Å². The Balaban J connectivity index is 2.29. The molecule has 0 spiro atoms. The van der Waals surface area contributed by atoms with E-state index in [1.54, 1.807) is 18.3 Å². The van der Waals surface area contributed by atoms with Crippen LogP contribution in [0.2, 0.25) is 0 Å². The zero-order valence-corrected chi connectivity index (χ0v) is 8.74. The molecule has 2 nitrogen and oxygen atoms in total. The monoisotopic (exact) mass is 226 g/mol. The molecule has 1 aromatic carbocycles. The summed E-state index contributed by atoms with van der Waals surface area (Å²) in [6.07, 6.45) is 1.71. The second-order valence-electron chi connectivity index (χ2n) is 2.55. The van der Waals surface area contributed by atoms with Crippen LogP contribution in [0.15, 0.2) is 39.0 Å². The lowest BCUT2D eigenvalue weighted by molar-refractivity contribution is 0.629. The second kappa shape index (κ2) is 3.98. The SMILES string of the molecule is Nc1c(F)cccc1Sc1nccs1. The molecule has 0 unspecified atom stereocenters. The minimum absolute atomic E-state index is 0.188. The summed E-state index contributed by atoms with van der Waals surface area (Å²) in [7, 11) is 0. The fraction of sp³-hybridized carbons (Fsp3) is 0. The molecule has 72 valence electrons. The number of thiazole rings is 1. The fourth-order valence-electron chi connectivity index (χ4n) is 0.961. The molecule has 5 heteroatoms. The fourth-order valence-corrected chi connectivity index (χ4v) is 2.61. The number of anilines is 1. The number of halogens is 1. The lowest BCUT2D eigenvalue weighted by Crippen LogP contribution is -1.92. The Morgan fingerprint density at radius 1 is 1.43 bits per heavy atom. The minimum Gasteiger partial charge on any atom is -0.395 e. The molecule has 0 amide bonds. The number of nitrogens with two attached hydrogens (primary N) is 1. The van der Waals surface area contributed by atoms with Gasteiger partial charge in [0.15, 0.2) is 4.34 Å². The Morgan fingerprint density at radius 2 is 2.29 bits per heavy atom. The smallest absolute Gasteiger partial charge is 0.154 e. The van der Waals surface area contributed by atoms with Gasteiger partial charge in [0.1, 0.15) is 5.82 Å². The summed E-state index contributed by atoms with van der Waals surface area (Å²) in [6, 6.07) is 4.77. The first-order valence-electron chi connectivity index (χ1n) is 3.88. The molecule has 14 heavy (non-hydrogen) atoms. The van der Waals surface area contributed by atoms with Crippen LogP contribution in [0.5, 0.6) is 0 Å². The van der Waals surface area contributed by atoms with Crippen LogP contribution < -0.4 is 5.73 Å². The van der Waals surface area contributed by atoms with Crippen LogP contribution in [0, 0.1) is 5.82 Å². The van der Waals surface area contributed by atoms with E-state index in [0.29, 0.717) is 4.90 Å². The molecular weight excluding hydrogens is 219 g/mol. The van der Waals surface area contributed by atoms with Gasteiger partial charge in [-0.1, -0.05) is 17.8 Å². The van der Waals surface area contributed by atoms with Gasteiger partial charge in [-0.3, -0.25) is 0 Å². The Labute approximate surface area is 89.0 Å². The van der Waals surface area contributed by atoms with E-state index in [1.807, 2.05) is 5.38 Å². The van der Waals surface area contributed by atoms with Crippen LogP contribution in [0.1, 0.15) is 0 Å². The molecule has 0 aliphatic rings. The van der Waals surface area contributed by atoms with Gasteiger partial charge in [0.25, 0.3) is 0 Å². The Morgan fingerprint density at radius 3 is 3.00 bits per heavy atom. The van der Waals surface area contributed by atoms with E-state index in [1.165, 1.54) is 29.2 Å².